The van der Waals surface area contributed by atoms with E-state index in [4.69, 9.17) is 4.74 Å². The maximum absolute atomic E-state index is 13.5. The molecule has 0 bridgehead atoms. The first-order valence-corrected chi connectivity index (χ1v) is 7.33. The number of hydrogen-bond acceptors (Lipinski definition) is 2. The van der Waals surface area contributed by atoms with Crippen molar-refractivity contribution in [3.05, 3.63) is 53.8 Å². The molecule has 2 rings (SSSR count). The zero-order valence-electron chi connectivity index (χ0n) is 12.8. The van der Waals surface area contributed by atoms with Crippen LogP contribution in [0.3, 0.4) is 0 Å². The molecule has 1 unspecified atom stereocenters. The minimum absolute atomic E-state index is 0.257. The fraction of sp³-hybridized carbons (Fsp3) is 0.333. The van der Waals surface area contributed by atoms with Crippen LogP contribution in [0.1, 0.15) is 31.9 Å². The molecule has 0 aliphatic heterocycles. The van der Waals surface area contributed by atoms with Crippen LogP contribution in [-0.4, -0.2) is 13.7 Å². The van der Waals surface area contributed by atoms with Crippen LogP contribution >= 0.6 is 0 Å². The molecular formula is C18H22FNO. The van der Waals surface area contributed by atoms with Crippen molar-refractivity contribution in [3.8, 4) is 16.9 Å². The molecule has 0 radical (unpaired) electrons. The van der Waals surface area contributed by atoms with Gasteiger partial charge in [-0.2, -0.15) is 0 Å². The van der Waals surface area contributed by atoms with Gasteiger partial charge in [-0.1, -0.05) is 31.2 Å². The topological polar surface area (TPSA) is 21.3 Å². The van der Waals surface area contributed by atoms with Gasteiger partial charge in [-0.25, -0.2) is 4.39 Å². The second kappa shape index (κ2) is 7.23. The van der Waals surface area contributed by atoms with E-state index >= 15 is 0 Å². The van der Waals surface area contributed by atoms with Crippen molar-refractivity contribution in [2.75, 3.05) is 13.7 Å². The van der Waals surface area contributed by atoms with E-state index < -0.39 is 0 Å². The van der Waals surface area contributed by atoms with Crippen LogP contribution in [0.2, 0.25) is 0 Å². The zero-order valence-corrected chi connectivity index (χ0v) is 12.8. The van der Waals surface area contributed by atoms with Crippen LogP contribution in [-0.2, 0) is 0 Å². The van der Waals surface area contributed by atoms with Crippen molar-refractivity contribution in [1.29, 1.82) is 0 Å². The number of rotatable bonds is 6. The maximum Gasteiger partial charge on any atom is 0.126 e. The quantitative estimate of drug-likeness (QED) is 0.840. The number of halogens is 1. The Hall–Kier alpha value is -1.87. The van der Waals surface area contributed by atoms with Gasteiger partial charge in [0, 0.05) is 11.6 Å². The smallest absolute Gasteiger partial charge is 0.126 e. The van der Waals surface area contributed by atoms with Gasteiger partial charge in [0.15, 0.2) is 0 Å². The van der Waals surface area contributed by atoms with Crippen LogP contribution in [0.15, 0.2) is 42.5 Å². The van der Waals surface area contributed by atoms with Gasteiger partial charge >= 0.3 is 0 Å². The third-order valence-electron chi connectivity index (χ3n) is 3.58. The van der Waals surface area contributed by atoms with Gasteiger partial charge in [-0.05, 0) is 49.2 Å². The van der Waals surface area contributed by atoms with E-state index in [0.717, 1.165) is 24.1 Å². The second-order valence-corrected chi connectivity index (χ2v) is 5.14. The average Bonchev–Trinajstić information content (AvgIpc) is 2.52. The Balaban J connectivity index is 2.24. The molecule has 0 amide bonds. The molecule has 2 aromatic carbocycles. The molecule has 3 heteroatoms. The normalized spacial score (nSPS) is 12.2. The summed E-state index contributed by atoms with van der Waals surface area (Å²) < 4.78 is 18.8. The van der Waals surface area contributed by atoms with Crippen LogP contribution in [0, 0.1) is 5.82 Å². The molecule has 0 fully saturated rings. The molecule has 0 aliphatic rings. The first kappa shape index (κ1) is 15.5. The summed E-state index contributed by atoms with van der Waals surface area (Å²) in [6.07, 6.45) is 1.11. The number of hydrogen-bond donors (Lipinski definition) is 1. The van der Waals surface area contributed by atoms with Crippen LogP contribution < -0.4 is 10.1 Å². The lowest BCUT2D eigenvalue weighted by molar-refractivity contribution is 0.415. The molecule has 0 heterocycles. The fourth-order valence-corrected chi connectivity index (χ4v) is 2.34. The summed E-state index contributed by atoms with van der Waals surface area (Å²) in [6, 6.07) is 13.1. The summed E-state index contributed by atoms with van der Waals surface area (Å²) in [6.45, 7) is 5.30. The van der Waals surface area contributed by atoms with E-state index in [1.807, 2.05) is 12.1 Å². The number of nitrogens with one attached hydrogen (secondary N) is 1. The third-order valence-corrected chi connectivity index (χ3v) is 3.58. The van der Waals surface area contributed by atoms with Crippen molar-refractivity contribution in [1.82, 2.24) is 5.32 Å². The molecule has 2 nitrogen and oxygen atoms in total. The lowest BCUT2D eigenvalue weighted by Gasteiger charge is -2.15. The Labute approximate surface area is 126 Å². The van der Waals surface area contributed by atoms with Gasteiger partial charge in [-0.3, -0.25) is 0 Å². The Morgan fingerprint density at radius 2 is 1.86 bits per heavy atom. The van der Waals surface area contributed by atoms with Gasteiger partial charge in [0.05, 0.1) is 7.11 Å². The van der Waals surface area contributed by atoms with Gasteiger partial charge in [0.1, 0.15) is 11.6 Å². The highest BCUT2D eigenvalue weighted by Gasteiger charge is 2.09. The molecule has 0 saturated carbocycles. The highest BCUT2D eigenvalue weighted by molar-refractivity contribution is 5.70. The fourth-order valence-electron chi connectivity index (χ4n) is 2.34. The summed E-state index contributed by atoms with van der Waals surface area (Å²) in [5.41, 5.74) is 2.96. The van der Waals surface area contributed by atoms with Crippen molar-refractivity contribution in [2.24, 2.45) is 0 Å². The molecule has 21 heavy (non-hydrogen) atoms. The molecule has 1 N–H and O–H groups in total. The van der Waals surface area contributed by atoms with E-state index in [-0.39, 0.29) is 5.82 Å². The molecule has 2 aromatic rings. The highest BCUT2D eigenvalue weighted by Crippen LogP contribution is 2.31. The summed E-state index contributed by atoms with van der Waals surface area (Å²) in [5, 5.41) is 3.45. The van der Waals surface area contributed by atoms with E-state index in [1.165, 1.54) is 17.7 Å². The van der Waals surface area contributed by atoms with Gasteiger partial charge < -0.3 is 10.1 Å². The monoisotopic (exact) mass is 287 g/mol. The predicted molar refractivity (Wildman–Crippen MR) is 85.1 cm³/mol. The number of methoxy groups -OCH3 is 1. The Bertz CT molecular complexity index is 580. The molecular weight excluding hydrogens is 265 g/mol. The van der Waals surface area contributed by atoms with Crippen molar-refractivity contribution in [2.45, 2.75) is 26.3 Å². The second-order valence-electron chi connectivity index (χ2n) is 5.14. The molecule has 0 aromatic heterocycles. The Morgan fingerprint density at radius 3 is 2.48 bits per heavy atom. The lowest BCUT2D eigenvalue weighted by atomic mass is 10.0. The third kappa shape index (κ3) is 3.82. The molecule has 0 spiro atoms. The summed E-state index contributed by atoms with van der Waals surface area (Å²) in [7, 11) is 1.60. The average molecular weight is 287 g/mol. The summed E-state index contributed by atoms with van der Waals surface area (Å²) >= 11 is 0. The van der Waals surface area contributed by atoms with Gasteiger partial charge in [-0.15, -0.1) is 0 Å². The van der Waals surface area contributed by atoms with Crippen molar-refractivity contribution < 1.29 is 9.13 Å². The van der Waals surface area contributed by atoms with E-state index in [9.17, 15) is 4.39 Å². The predicted octanol–water partition coefficient (Wildman–Crippen LogP) is 4.56. The maximum atomic E-state index is 13.5. The van der Waals surface area contributed by atoms with E-state index in [1.54, 1.807) is 13.2 Å². The van der Waals surface area contributed by atoms with E-state index in [2.05, 4.69) is 31.3 Å². The largest absolute Gasteiger partial charge is 0.496 e. The lowest BCUT2D eigenvalue weighted by Crippen LogP contribution is -2.19. The Morgan fingerprint density at radius 1 is 1.14 bits per heavy atom. The summed E-state index contributed by atoms with van der Waals surface area (Å²) in [5.74, 6) is 0.425. The summed E-state index contributed by atoms with van der Waals surface area (Å²) in [4.78, 5) is 0. The number of ether oxygens (including phenoxy) is 1. The standard InChI is InChI=1S/C18H22FNO/c1-4-11-20-13(2)14-5-7-15(8-6-14)17-12-16(19)9-10-18(17)21-3/h5-10,12-13,20H,4,11H2,1-3H3. The van der Waals surface area contributed by atoms with Gasteiger partial charge in [0.25, 0.3) is 0 Å². The van der Waals surface area contributed by atoms with Crippen LogP contribution in [0.4, 0.5) is 4.39 Å². The van der Waals surface area contributed by atoms with Crippen molar-refractivity contribution >= 4 is 0 Å². The Kier molecular flexibility index (Phi) is 5.34. The molecule has 0 saturated heterocycles. The molecule has 112 valence electrons. The number of benzene rings is 2. The van der Waals surface area contributed by atoms with Crippen LogP contribution in [0.25, 0.3) is 11.1 Å². The highest BCUT2D eigenvalue weighted by atomic mass is 19.1. The van der Waals surface area contributed by atoms with Crippen molar-refractivity contribution in [3.63, 3.8) is 0 Å². The molecule has 0 aliphatic carbocycles. The van der Waals surface area contributed by atoms with E-state index in [0.29, 0.717) is 11.8 Å². The molecule has 1 atom stereocenters. The minimum atomic E-state index is -0.257. The first-order chi connectivity index (χ1) is 10.2. The first-order valence-electron chi connectivity index (χ1n) is 7.33. The van der Waals surface area contributed by atoms with Gasteiger partial charge in [0.2, 0.25) is 0 Å². The zero-order chi connectivity index (χ0) is 15.2. The van der Waals surface area contributed by atoms with Crippen LogP contribution in [0.5, 0.6) is 5.75 Å². The SMILES string of the molecule is CCCNC(C)c1ccc(-c2cc(F)ccc2OC)cc1. The minimum Gasteiger partial charge on any atom is -0.496 e.